The third kappa shape index (κ3) is 6.08. The van der Waals surface area contributed by atoms with Crippen LogP contribution in [0, 0.1) is 5.92 Å². The summed E-state index contributed by atoms with van der Waals surface area (Å²) in [6.07, 6.45) is 0. The minimum atomic E-state index is -0.457. The highest BCUT2D eigenvalue weighted by Crippen LogP contribution is 2.31. The van der Waals surface area contributed by atoms with E-state index in [2.05, 4.69) is 10.6 Å². The standard InChI is InChI=1S/C15H22N2O3S/c1-10(2)9-16-15(19)17-14(18)11(3)21-13-8-6-5-7-12(13)20-4/h5-8,10-11H,9H2,1-4H3,(H2,16,17,18,19). The highest BCUT2D eigenvalue weighted by atomic mass is 32.2. The molecular weight excluding hydrogens is 288 g/mol. The zero-order chi connectivity index (χ0) is 15.8. The number of urea groups is 1. The summed E-state index contributed by atoms with van der Waals surface area (Å²) >= 11 is 1.35. The van der Waals surface area contributed by atoms with Crippen molar-refractivity contribution in [1.82, 2.24) is 10.6 Å². The Morgan fingerprint density at radius 3 is 2.52 bits per heavy atom. The first-order valence-electron chi connectivity index (χ1n) is 6.82. The summed E-state index contributed by atoms with van der Waals surface area (Å²) in [6.45, 7) is 6.26. The molecule has 116 valence electrons. The van der Waals surface area contributed by atoms with Gasteiger partial charge in [0.15, 0.2) is 0 Å². The van der Waals surface area contributed by atoms with Crippen molar-refractivity contribution < 1.29 is 14.3 Å². The molecule has 1 aromatic carbocycles. The molecular formula is C15H22N2O3S. The molecule has 5 nitrogen and oxygen atoms in total. The second-order valence-corrected chi connectivity index (χ2v) is 6.39. The summed E-state index contributed by atoms with van der Waals surface area (Å²) in [5, 5.41) is 4.59. The molecule has 0 saturated carbocycles. The van der Waals surface area contributed by atoms with Crippen molar-refractivity contribution in [3.8, 4) is 5.75 Å². The van der Waals surface area contributed by atoms with Crippen LogP contribution >= 0.6 is 11.8 Å². The lowest BCUT2D eigenvalue weighted by molar-refractivity contribution is -0.119. The number of rotatable bonds is 6. The molecule has 0 saturated heterocycles. The number of hydrogen-bond acceptors (Lipinski definition) is 4. The molecule has 6 heteroatoms. The highest BCUT2D eigenvalue weighted by Gasteiger charge is 2.18. The Bertz CT molecular complexity index is 492. The van der Waals surface area contributed by atoms with Gasteiger partial charge in [-0.05, 0) is 25.0 Å². The van der Waals surface area contributed by atoms with Crippen molar-refractivity contribution in [2.24, 2.45) is 5.92 Å². The molecule has 0 fully saturated rings. The average Bonchev–Trinajstić information content (AvgIpc) is 2.45. The van der Waals surface area contributed by atoms with Gasteiger partial charge in [-0.2, -0.15) is 0 Å². The second kappa shape index (κ2) is 8.56. The summed E-state index contributed by atoms with van der Waals surface area (Å²) in [6, 6.07) is 7.01. The van der Waals surface area contributed by atoms with Crippen LogP contribution in [0.1, 0.15) is 20.8 Å². The quantitative estimate of drug-likeness (QED) is 0.793. The molecule has 0 bridgehead atoms. The number of benzene rings is 1. The van der Waals surface area contributed by atoms with Crippen LogP contribution in [-0.4, -0.2) is 30.8 Å². The normalized spacial score (nSPS) is 11.9. The molecule has 0 aromatic heterocycles. The molecule has 3 amide bonds. The van der Waals surface area contributed by atoms with Gasteiger partial charge < -0.3 is 10.1 Å². The van der Waals surface area contributed by atoms with Gasteiger partial charge in [0, 0.05) is 6.54 Å². The van der Waals surface area contributed by atoms with Crippen molar-refractivity contribution in [3.05, 3.63) is 24.3 Å². The van der Waals surface area contributed by atoms with E-state index in [9.17, 15) is 9.59 Å². The number of methoxy groups -OCH3 is 1. The van der Waals surface area contributed by atoms with Gasteiger partial charge >= 0.3 is 6.03 Å². The summed E-state index contributed by atoms with van der Waals surface area (Å²) in [7, 11) is 1.59. The zero-order valence-electron chi connectivity index (χ0n) is 12.8. The SMILES string of the molecule is COc1ccccc1SC(C)C(=O)NC(=O)NCC(C)C. The molecule has 0 radical (unpaired) electrons. The summed E-state index contributed by atoms with van der Waals surface area (Å²) < 4.78 is 5.24. The number of para-hydroxylation sites is 1. The van der Waals surface area contributed by atoms with Crippen LogP contribution in [0.5, 0.6) is 5.75 Å². The van der Waals surface area contributed by atoms with E-state index in [1.807, 2.05) is 38.1 Å². The molecule has 21 heavy (non-hydrogen) atoms. The summed E-state index contributed by atoms with van der Waals surface area (Å²) in [5.41, 5.74) is 0. The number of ether oxygens (including phenoxy) is 1. The number of hydrogen-bond donors (Lipinski definition) is 2. The summed E-state index contributed by atoms with van der Waals surface area (Å²) in [4.78, 5) is 24.4. The minimum Gasteiger partial charge on any atom is -0.496 e. The molecule has 1 rings (SSSR count). The Labute approximate surface area is 129 Å². The lowest BCUT2D eigenvalue weighted by Crippen LogP contribution is -2.43. The van der Waals surface area contributed by atoms with Gasteiger partial charge in [0.1, 0.15) is 5.75 Å². The molecule has 0 aliphatic heterocycles. The lowest BCUT2D eigenvalue weighted by Gasteiger charge is -2.14. The number of carbonyl (C=O) groups excluding carboxylic acids is 2. The fraction of sp³-hybridized carbons (Fsp3) is 0.467. The van der Waals surface area contributed by atoms with E-state index in [0.29, 0.717) is 18.2 Å². The lowest BCUT2D eigenvalue weighted by atomic mass is 10.2. The van der Waals surface area contributed by atoms with E-state index in [1.165, 1.54) is 11.8 Å². The largest absolute Gasteiger partial charge is 0.496 e. The first kappa shape index (κ1) is 17.4. The number of thioether (sulfide) groups is 1. The number of amides is 3. The van der Waals surface area contributed by atoms with Crippen LogP contribution in [0.2, 0.25) is 0 Å². The van der Waals surface area contributed by atoms with E-state index in [0.717, 1.165) is 4.90 Å². The smallest absolute Gasteiger partial charge is 0.321 e. The topological polar surface area (TPSA) is 67.4 Å². The van der Waals surface area contributed by atoms with Crippen LogP contribution in [0.15, 0.2) is 29.2 Å². The van der Waals surface area contributed by atoms with E-state index in [4.69, 9.17) is 4.74 Å². The number of imide groups is 1. The fourth-order valence-corrected chi connectivity index (χ4v) is 2.49. The minimum absolute atomic E-state index is 0.327. The van der Waals surface area contributed by atoms with Crippen molar-refractivity contribution in [1.29, 1.82) is 0 Å². The number of nitrogens with one attached hydrogen (secondary N) is 2. The number of carbonyl (C=O) groups is 2. The average molecular weight is 310 g/mol. The Kier molecular flexibility index (Phi) is 7.08. The molecule has 1 atom stereocenters. The molecule has 0 heterocycles. The van der Waals surface area contributed by atoms with E-state index < -0.39 is 11.3 Å². The van der Waals surface area contributed by atoms with Crippen LogP contribution in [-0.2, 0) is 4.79 Å². The van der Waals surface area contributed by atoms with Gasteiger partial charge in [-0.3, -0.25) is 10.1 Å². The first-order valence-corrected chi connectivity index (χ1v) is 7.70. The predicted molar refractivity (Wildman–Crippen MR) is 84.7 cm³/mol. The monoisotopic (exact) mass is 310 g/mol. The van der Waals surface area contributed by atoms with Crippen molar-refractivity contribution in [3.63, 3.8) is 0 Å². The van der Waals surface area contributed by atoms with Crippen LogP contribution in [0.25, 0.3) is 0 Å². The summed E-state index contributed by atoms with van der Waals surface area (Å²) in [5.74, 6) is 0.727. The van der Waals surface area contributed by atoms with E-state index in [1.54, 1.807) is 14.0 Å². The molecule has 1 aromatic rings. The molecule has 1 unspecified atom stereocenters. The highest BCUT2D eigenvalue weighted by molar-refractivity contribution is 8.00. The second-order valence-electron chi connectivity index (χ2n) is 5.00. The van der Waals surface area contributed by atoms with Gasteiger partial charge in [0.05, 0.1) is 17.3 Å². The molecule has 0 aliphatic carbocycles. The van der Waals surface area contributed by atoms with Crippen LogP contribution in [0.3, 0.4) is 0 Å². The Morgan fingerprint density at radius 2 is 1.90 bits per heavy atom. The third-order valence-corrected chi connectivity index (χ3v) is 3.81. The van der Waals surface area contributed by atoms with Gasteiger partial charge in [-0.25, -0.2) is 4.79 Å². The van der Waals surface area contributed by atoms with E-state index >= 15 is 0 Å². The van der Waals surface area contributed by atoms with Gasteiger partial charge in [0.2, 0.25) is 5.91 Å². The molecule has 0 aliphatic rings. The maximum Gasteiger partial charge on any atom is 0.321 e. The van der Waals surface area contributed by atoms with Crippen LogP contribution < -0.4 is 15.4 Å². The third-order valence-electron chi connectivity index (χ3n) is 2.65. The predicted octanol–water partition coefficient (Wildman–Crippen LogP) is 2.66. The fourth-order valence-electron chi connectivity index (χ4n) is 1.51. The Hall–Kier alpha value is -1.69. The molecule has 0 spiro atoms. The first-order chi connectivity index (χ1) is 9.93. The van der Waals surface area contributed by atoms with E-state index in [-0.39, 0.29) is 5.91 Å². The maximum absolute atomic E-state index is 12.0. The van der Waals surface area contributed by atoms with Gasteiger partial charge in [-0.1, -0.05) is 26.0 Å². The maximum atomic E-state index is 12.0. The van der Waals surface area contributed by atoms with Crippen molar-refractivity contribution in [2.75, 3.05) is 13.7 Å². The van der Waals surface area contributed by atoms with Gasteiger partial charge in [0.25, 0.3) is 0 Å². The van der Waals surface area contributed by atoms with Gasteiger partial charge in [-0.15, -0.1) is 11.8 Å². The zero-order valence-corrected chi connectivity index (χ0v) is 13.6. The van der Waals surface area contributed by atoms with Crippen LogP contribution in [0.4, 0.5) is 4.79 Å². The van der Waals surface area contributed by atoms with Crippen molar-refractivity contribution >= 4 is 23.7 Å². The van der Waals surface area contributed by atoms with Crippen molar-refractivity contribution in [2.45, 2.75) is 30.9 Å². The Balaban J connectivity index is 2.53. The Morgan fingerprint density at radius 1 is 1.24 bits per heavy atom. The molecule has 2 N–H and O–H groups in total.